The minimum atomic E-state index is -0.180. The zero-order valence-electron chi connectivity index (χ0n) is 11.4. The lowest BCUT2D eigenvalue weighted by molar-refractivity contribution is -0.111. The smallest absolute Gasteiger partial charge is 0.248 e. The molecule has 0 spiro atoms. The van der Waals surface area contributed by atoms with Crippen LogP contribution in [0.2, 0.25) is 0 Å². The molecule has 0 saturated heterocycles. The maximum Gasteiger partial charge on any atom is 0.248 e. The number of aliphatic hydroxyl groups excluding tert-OH is 1. The van der Waals surface area contributed by atoms with Crippen LogP contribution in [0.4, 0.5) is 5.69 Å². The van der Waals surface area contributed by atoms with Crippen molar-refractivity contribution >= 4 is 33.6 Å². The van der Waals surface area contributed by atoms with Crippen LogP contribution < -0.4 is 5.32 Å². The highest BCUT2D eigenvalue weighted by atomic mass is 79.9. The molecule has 3 nitrogen and oxygen atoms in total. The SMILES string of the molecule is O=C(C=Cc1ccccc1Br)Nc1ccc(CCO)cc1. The summed E-state index contributed by atoms with van der Waals surface area (Å²) in [7, 11) is 0. The van der Waals surface area contributed by atoms with Gasteiger partial charge in [-0.15, -0.1) is 0 Å². The number of benzene rings is 2. The molecule has 2 rings (SSSR count). The van der Waals surface area contributed by atoms with E-state index in [1.165, 1.54) is 6.08 Å². The lowest BCUT2D eigenvalue weighted by Gasteiger charge is -2.04. The van der Waals surface area contributed by atoms with Crippen molar-refractivity contribution in [2.24, 2.45) is 0 Å². The highest BCUT2D eigenvalue weighted by Crippen LogP contribution is 2.17. The van der Waals surface area contributed by atoms with Crippen molar-refractivity contribution < 1.29 is 9.90 Å². The summed E-state index contributed by atoms with van der Waals surface area (Å²) >= 11 is 3.43. The molecule has 2 N–H and O–H groups in total. The van der Waals surface area contributed by atoms with E-state index >= 15 is 0 Å². The van der Waals surface area contributed by atoms with Crippen molar-refractivity contribution in [2.75, 3.05) is 11.9 Å². The molecular weight excluding hydrogens is 330 g/mol. The predicted molar refractivity (Wildman–Crippen MR) is 89.0 cm³/mol. The Kier molecular flexibility index (Phi) is 5.72. The fraction of sp³-hybridized carbons (Fsp3) is 0.118. The van der Waals surface area contributed by atoms with E-state index in [4.69, 9.17) is 5.11 Å². The summed E-state index contributed by atoms with van der Waals surface area (Å²) in [6.45, 7) is 0.125. The largest absolute Gasteiger partial charge is 0.396 e. The highest BCUT2D eigenvalue weighted by molar-refractivity contribution is 9.10. The summed E-state index contributed by atoms with van der Waals surface area (Å²) in [5, 5.41) is 11.6. The average molecular weight is 346 g/mol. The van der Waals surface area contributed by atoms with Gasteiger partial charge in [-0.2, -0.15) is 0 Å². The Bertz CT molecular complexity index is 635. The summed E-state index contributed by atoms with van der Waals surface area (Å²) in [4.78, 5) is 11.9. The van der Waals surface area contributed by atoms with E-state index in [1.807, 2.05) is 48.5 Å². The Hall–Kier alpha value is -1.91. The molecule has 2 aromatic carbocycles. The lowest BCUT2D eigenvalue weighted by Crippen LogP contribution is -2.07. The zero-order valence-corrected chi connectivity index (χ0v) is 13.0. The Labute approximate surface area is 132 Å². The van der Waals surface area contributed by atoms with E-state index < -0.39 is 0 Å². The quantitative estimate of drug-likeness (QED) is 0.813. The fourth-order valence-electron chi connectivity index (χ4n) is 1.84. The van der Waals surface area contributed by atoms with Gasteiger partial charge in [0.2, 0.25) is 5.91 Å². The van der Waals surface area contributed by atoms with Gasteiger partial charge in [-0.05, 0) is 41.8 Å². The monoisotopic (exact) mass is 345 g/mol. The molecule has 0 heterocycles. The lowest BCUT2D eigenvalue weighted by atomic mass is 10.1. The van der Waals surface area contributed by atoms with Crippen LogP contribution in [0.15, 0.2) is 59.1 Å². The van der Waals surface area contributed by atoms with E-state index in [0.29, 0.717) is 6.42 Å². The number of rotatable bonds is 5. The molecule has 108 valence electrons. The molecule has 0 saturated carbocycles. The Balaban J connectivity index is 1.97. The van der Waals surface area contributed by atoms with E-state index in [1.54, 1.807) is 6.08 Å². The van der Waals surface area contributed by atoms with Crippen molar-refractivity contribution in [2.45, 2.75) is 6.42 Å². The normalized spacial score (nSPS) is 10.8. The molecular formula is C17H16BrNO2. The topological polar surface area (TPSA) is 49.3 Å². The molecule has 21 heavy (non-hydrogen) atoms. The molecule has 0 aliphatic heterocycles. The molecule has 0 atom stereocenters. The van der Waals surface area contributed by atoms with Gasteiger partial charge in [0.05, 0.1) is 0 Å². The van der Waals surface area contributed by atoms with Gasteiger partial charge in [-0.1, -0.05) is 46.3 Å². The van der Waals surface area contributed by atoms with E-state index in [-0.39, 0.29) is 12.5 Å². The summed E-state index contributed by atoms with van der Waals surface area (Å²) in [6.07, 6.45) is 3.89. The van der Waals surface area contributed by atoms with Crippen LogP contribution in [0, 0.1) is 0 Å². The fourth-order valence-corrected chi connectivity index (χ4v) is 2.26. The third-order valence-electron chi connectivity index (χ3n) is 2.94. The van der Waals surface area contributed by atoms with Crippen LogP contribution in [0.25, 0.3) is 6.08 Å². The molecule has 0 bridgehead atoms. The molecule has 0 aromatic heterocycles. The van der Waals surface area contributed by atoms with Crippen molar-refractivity contribution in [3.05, 3.63) is 70.2 Å². The Morgan fingerprint density at radius 3 is 2.52 bits per heavy atom. The molecule has 2 aromatic rings. The van der Waals surface area contributed by atoms with E-state index in [2.05, 4.69) is 21.2 Å². The average Bonchev–Trinajstić information content (AvgIpc) is 2.49. The van der Waals surface area contributed by atoms with Crippen molar-refractivity contribution in [3.63, 3.8) is 0 Å². The molecule has 1 amide bonds. The first kappa shape index (κ1) is 15.5. The number of nitrogens with one attached hydrogen (secondary N) is 1. The standard InChI is InChI=1S/C17H16BrNO2/c18-16-4-2-1-3-14(16)7-10-17(21)19-15-8-5-13(6-9-15)11-12-20/h1-10,20H,11-12H2,(H,19,21). The third-order valence-corrected chi connectivity index (χ3v) is 3.66. The molecule has 4 heteroatoms. The van der Waals surface area contributed by atoms with Gasteiger partial charge in [0.25, 0.3) is 0 Å². The number of anilines is 1. The first-order valence-corrected chi connectivity index (χ1v) is 7.42. The maximum absolute atomic E-state index is 11.9. The van der Waals surface area contributed by atoms with Gasteiger partial charge in [0, 0.05) is 22.8 Å². The third kappa shape index (κ3) is 4.85. The van der Waals surface area contributed by atoms with Crippen molar-refractivity contribution in [3.8, 4) is 0 Å². The first-order valence-electron chi connectivity index (χ1n) is 6.62. The van der Waals surface area contributed by atoms with Crippen LogP contribution in [0.3, 0.4) is 0 Å². The summed E-state index contributed by atoms with van der Waals surface area (Å²) in [6, 6.07) is 15.1. The first-order chi connectivity index (χ1) is 10.2. The van der Waals surface area contributed by atoms with Gasteiger partial charge in [-0.25, -0.2) is 0 Å². The summed E-state index contributed by atoms with van der Waals surface area (Å²) < 4.78 is 0.947. The number of amides is 1. The van der Waals surface area contributed by atoms with Gasteiger partial charge >= 0.3 is 0 Å². The minimum absolute atomic E-state index is 0.125. The van der Waals surface area contributed by atoms with Crippen LogP contribution >= 0.6 is 15.9 Å². The predicted octanol–water partition coefficient (Wildman–Crippen LogP) is 3.64. The van der Waals surface area contributed by atoms with Gasteiger partial charge in [0.15, 0.2) is 0 Å². The van der Waals surface area contributed by atoms with Crippen LogP contribution in [-0.2, 0) is 11.2 Å². The minimum Gasteiger partial charge on any atom is -0.396 e. The number of aliphatic hydroxyl groups is 1. The van der Waals surface area contributed by atoms with Crippen molar-refractivity contribution in [1.82, 2.24) is 0 Å². The van der Waals surface area contributed by atoms with Crippen molar-refractivity contribution in [1.29, 1.82) is 0 Å². The number of hydrogen-bond acceptors (Lipinski definition) is 2. The molecule has 0 aliphatic rings. The number of hydrogen-bond donors (Lipinski definition) is 2. The van der Waals surface area contributed by atoms with Gasteiger partial charge in [0.1, 0.15) is 0 Å². The number of carbonyl (C=O) groups is 1. The zero-order chi connectivity index (χ0) is 15.1. The van der Waals surface area contributed by atoms with E-state index in [0.717, 1.165) is 21.3 Å². The number of halogens is 1. The van der Waals surface area contributed by atoms with E-state index in [9.17, 15) is 4.79 Å². The Morgan fingerprint density at radius 2 is 1.86 bits per heavy atom. The summed E-state index contributed by atoms with van der Waals surface area (Å²) in [5.74, 6) is -0.180. The number of carbonyl (C=O) groups excluding carboxylic acids is 1. The van der Waals surface area contributed by atoms with Gasteiger partial charge in [-0.3, -0.25) is 4.79 Å². The van der Waals surface area contributed by atoms with Crippen LogP contribution in [-0.4, -0.2) is 17.6 Å². The second kappa shape index (κ2) is 7.76. The Morgan fingerprint density at radius 1 is 1.14 bits per heavy atom. The van der Waals surface area contributed by atoms with Crippen LogP contribution in [0.5, 0.6) is 0 Å². The highest BCUT2D eigenvalue weighted by Gasteiger charge is 1.99. The molecule has 0 unspecified atom stereocenters. The second-order valence-electron chi connectivity index (χ2n) is 4.51. The van der Waals surface area contributed by atoms with Crippen LogP contribution in [0.1, 0.15) is 11.1 Å². The molecule has 0 radical (unpaired) electrons. The second-order valence-corrected chi connectivity index (χ2v) is 5.37. The van der Waals surface area contributed by atoms with Gasteiger partial charge < -0.3 is 10.4 Å². The molecule has 0 fully saturated rings. The maximum atomic E-state index is 11.9. The molecule has 0 aliphatic carbocycles. The summed E-state index contributed by atoms with van der Waals surface area (Å²) in [5.41, 5.74) is 2.73.